The van der Waals surface area contributed by atoms with Crippen molar-refractivity contribution >= 4 is 11.8 Å². The normalized spacial score (nSPS) is 11.9. The summed E-state index contributed by atoms with van der Waals surface area (Å²) in [6, 6.07) is 3.09. The highest BCUT2D eigenvalue weighted by atomic mass is 16.5. The van der Waals surface area contributed by atoms with Crippen LogP contribution in [-0.4, -0.2) is 28.7 Å². The van der Waals surface area contributed by atoms with Crippen LogP contribution < -0.4 is 5.32 Å². The van der Waals surface area contributed by atoms with Crippen molar-refractivity contribution in [2.75, 3.05) is 11.9 Å². The van der Waals surface area contributed by atoms with Crippen molar-refractivity contribution in [2.45, 2.75) is 33.2 Å². The Balaban J connectivity index is 2.90. The smallest absolute Gasteiger partial charge is 0.338 e. The van der Waals surface area contributed by atoms with Gasteiger partial charge in [0.1, 0.15) is 5.82 Å². The lowest BCUT2D eigenvalue weighted by Gasteiger charge is -2.13. The van der Waals surface area contributed by atoms with Gasteiger partial charge in [-0.15, -0.1) is 0 Å². The fourth-order valence-corrected chi connectivity index (χ4v) is 1.28. The number of nitrogens with one attached hydrogen (secondary N) is 1. The first-order valence-corrected chi connectivity index (χ1v) is 5.71. The van der Waals surface area contributed by atoms with Crippen LogP contribution in [-0.2, 0) is 4.74 Å². The Labute approximate surface area is 101 Å². The molecule has 0 radical (unpaired) electrons. The molecule has 0 saturated heterocycles. The monoisotopic (exact) mass is 238 g/mol. The van der Waals surface area contributed by atoms with Crippen LogP contribution in [0.5, 0.6) is 5.88 Å². The lowest BCUT2D eigenvalue weighted by molar-refractivity contribution is 0.0525. The molecule has 0 spiro atoms. The molecule has 0 aromatic carbocycles. The molecule has 17 heavy (non-hydrogen) atoms. The SMILES string of the molecule is CCOC(=O)c1cc(O)nc(NC(C)CC)c1. The average molecular weight is 238 g/mol. The molecule has 1 heterocycles. The van der Waals surface area contributed by atoms with Gasteiger partial charge < -0.3 is 15.2 Å². The zero-order valence-electron chi connectivity index (χ0n) is 10.4. The summed E-state index contributed by atoms with van der Waals surface area (Å²) in [4.78, 5) is 15.4. The van der Waals surface area contributed by atoms with E-state index in [1.165, 1.54) is 6.07 Å². The fraction of sp³-hybridized carbons (Fsp3) is 0.500. The Morgan fingerprint density at radius 1 is 1.53 bits per heavy atom. The molecule has 0 aliphatic heterocycles. The molecule has 0 amide bonds. The number of ether oxygens (including phenoxy) is 1. The van der Waals surface area contributed by atoms with E-state index in [0.717, 1.165) is 6.42 Å². The molecular weight excluding hydrogens is 220 g/mol. The van der Waals surface area contributed by atoms with E-state index in [-0.39, 0.29) is 11.9 Å². The summed E-state index contributed by atoms with van der Waals surface area (Å²) in [5.74, 6) is -0.179. The summed E-state index contributed by atoms with van der Waals surface area (Å²) in [6.45, 7) is 6.07. The number of hydrogen-bond donors (Lipinski definition) is 2. The molecule has 1 rings (SSSR count). The van der Waals surface area contributed by atoms with Gasteiger partial charge >= 0.3 is 5.97 Å². The van der Waals surface area contributed by atoms with Crippen LogP contribution in [0.25, 0.3) is 0 Å². The lowest BCUT2D eigenvalue weighted by Crippen LogP contribution is -2.15. The minimum atomic E-state index is -0.461. The second-order valence-electron chi connectivity index (χ2n) is 3.77. The summed E-state index contributed by atoms with van der Waals surface area (Å²) in [6.07, 6.45) is 0.923. The Morgan fingerprint density at radius 2 is 2.24 bits per heavy atom. The number of pyridine rings is 1. The fourth-order valence-electron chi connectivity index (χ4n) is 1.28. The largest absolute Gasteiger partial charge is 0.493 e. The van der Waals surface area contributed by atoms with Crippen molar-refractivity contribution in [3.63, 3.8) is 0 Å². The average Bonchev–Trinajstić information content (AvgIpc) is 2.28. The van der Waals surface area contributed by atoms with E-state index in [0.29, 0.717) is 18.0 Å². The summed E-state index contributed by atoms with van der Waals surface area (Å²) in [5.41, 5.74) is 0.296. The number of rotatable bonds is 5. The molecule has 1 aromatic rings. The Hall–Kier alpha value is -1.78. The molecule has 1 unspecified atom stereocenters. The first-order chi connectivity index (χ1) is 8.06. The number of aromatic nitrogens is 1. The van der Waals surface area contributed by atoms with Crippen molar-refractivity contribution in [3.05, 3.63) is 17.7 Å². The highest BCUT2D eigenvalue weighted by Gasteiger charge is 2.11. The quantitative estimate of drug-likeness (QED) is 0.769. The van der Waals surface area contributed by atoms with E-state index in [1.807, 2.05) is 13.8 Å². The number of hydrogen-bond acceptors (Lipinski definition) is 5. The zero-order valence-corrected chi connectivity index (χ0v) is 10.4. The van der Waals surface area contributed by atoms with Gasteiger partial charge in [0.2, 0.25) is 5.88 Å². The predicted octanol–water partition coefficient (Wildman–Crippen LogP) is 2.17. The van der Waals surface area contributed by atoms with E-state index < -0.39 is 5.97 Å². The third-order valence-electron chi connectivity index (χ3n) is 2.33. The van der Waals surface area contributed by atoms with Gasteiger partial charge in [0.15, 0.2) is 0 Å². The summed E-state index contributed by atoms with van der Waals surface area (Å²) >= 11 is 0. The number of aromatic hydroxyl groups is 1. The molecule has 1 atom stereocenters. The molecule has 0 aliphatic rings. The second-order valence-corrected chi connectivity index (χ2v) is 3.77. The third kappa shape index (κ3) is 3.94. The Bertz CT molecular complexity index is 393. The van der Waals surface area contributed by atoms with Crippen LogP contribution >= 0.6 is 0 Å². The maximum Gasteiger partial charge on any atom is 0.338 e. The molecule has 0 aliphatic carbocycles. The summed E-state index contributed by atoms with van der Waals surface area (Å²) < 4.78 is 4.86. The predicted molar refractivity (Wildman–Crippen MR) is 65.2 cm³/mol. The standard InChI is InChI=1S/C12H18N2O3/c1-4-8(3)13-10-6-9(7-11(15)14-10)12(16)17-5-2/h6-8H,4-5H2,1-3H3,(H2,13,14,15). The van der Waals surface area contributed by atoms with Crippen molar-refractivity contribution in [3.8, 4) is 5.88 Å². The Morgan fingerprint density at radius 3 is 2.82 bits per heavy atom. The maximum atomic E-state index is 11.5. The van der Waals surface area contributed by atoms with Crippen molar-refractivity contribution < 1.29 is 14.6 Å². The van der Waals surface area contributed by atoms with E-state index in [4.69, 9.17) is 4.74 Å². The molecule has 2 N–H and O–H groups in total. The highest BCUT2D eigenvalue weighted by Crippen LogP contribution is 2.17. The first kappa shape index (κ1) is 13.3. The summed E-state index contributed by atoms with van der Waals surface area (Å²) in [5, 5.41) is 12.5. The molecule has 0 bridgehead atoms. The number of carbonyl (C=O) groups excluding carboxylic acids is 1. The van der Waals surface area contributed by atoms with Crippen LogP contribution in [0.2, 0.25) is 0 Å². The lowest BCUT2D eigenvalue weighted by atomic mass is 10.2. The number of anilines is 1. The molecule has 5 nitrogen and oxygen atoms in total. The van der Waals surface area contributed by atoms with Crippen LogP contribution in [0.1, 0.15) is 37.6 Å². The van der Waals surface area contributed by atoms with Gasteiger partial charge in [-0.25, -0.2) is 4.79 Å². The van der Waals surface area contributed by atoms with Crippen LogP contribution in [0, 0.1) is 0 Å². The van der Waals surface area contributed by atoms with Gasteiger partial charge in [0, 0.05) is 12.1 Å². The second kappa shape index (κ2) is 6.08. The zero-order chi connectivity index (χ0) is 12.8. The van der Waals surface area contributed by atoms with Crippen molar-refractivity contribution in [1.29, 1.82) is 0 Å². The van der Waals surface area contributed by atoms with E-state index in [9.17, 15) is 9.90 Å². The number of nitrogens with zero attached hydrogens (tertiary/aromatic N) is 1. The van der Waals surface area contributed by atoms with Crippen LogP contribution in [0.3, 0.4) is 0 Å². The summed E-state index contributed by atoms with van der Waals surface area (Å²) in [7, 11) is 0. The van der Waals surface area contributed by atoms with Gasteiger partial charge in [-0.3, -0.25) is 0 Å². The van der Waals surface area contributed by atoms with E-state index in [1.54, 1.807) is 13.0 Å². The molecule has 0 fully saturated rings. The van der Waals surface area contributed by atoms with Gasteiger partial charge in [-0.2, -0.15) is 4.98 Å². The minimum Gasteiger partial charge on any atom is -0.493 e. The van der Waals surface area contributed by atoms with Crippen LogP contribution in [0.4, 0.5) is 5.82 Å². The minimum absolute atomic E-state index is 0.193. The van der Waals surface area contributed by atoms with Crippen molar-refractivity contribution in [1.82, 2.24) is 4.98 Å². The van der Waals surface area contributed by atoms with Crippen LogP contribution in [0.15, 0.2) is 12.1 Å². The van der Waals surface area contributed by atoms with Gasteiger partial charge in [-0.1, -0.05) is 6.92 Å². The van der Waals surface area contributed by atoms with Gasteiger partial charge in [0.05, 0.1) is 12.2 Å². The highest BCUT2D eigenvalue weighted by molar-refractivity contribution is 5.90. The Kier molecular flexibility index (Phi) is 4.75. The maximum absolute atomic E-state index is 11.5. The molecule has 0 saturated carbocycles. The number of carbonyl (C=O) groups is 1. The first-order valence-electron chi connectivity index (χ1n) is 5.71. The molecular formula is C12H18N2O3. The third-order valence-corrected chi connectivity index (χ3v) is 2.33. The molecule has 94 valence electrons. The molecule has 1 aromatic heterocycles. The van der Waals surface area contributed by atoms with Gasteiger partial charge in [0.25, 0.3) is 0 Å². The van der Waals surface area contributed by atoms with Gasteiger partial charge in [-0.05, 0) is 26.3 Å². The van der Waals surface area contributed by atoms with E-state index >= 15 is 0 Å². The van der Waals surface area contributed by atoms with Crippen molar-refractivity contribution in [2.24, 2.45) is 0 Å². The topological polar surface area (TPSA) is 71.5 Å². The number of esters is 1. The van der Waals surface area contributed by atoms with E-state index in [2.05, 4.69) is 10.3 Å². The molecule has 5 heteroatoms.